The minimum Gasteiger partial charge on any atom is -0.450 e. The van der Waals surface area contributed by atoms with E-state index in [2.05, 4.69) is 21.2 Å². The summed E-state index contributed by atoms with van der Waals surface area (Å²) in [6, 6.07) is 33.8. The molecule has 0 saturated carbocycles. The highest BCUT2D eigenvalue weighted by Gasteiger charge is 2.23. The van der Waals surface area contributed by atoms with Crippen molar-refractivity contribution >= 4 is 50.4 Å². The molecule has 1 N–H and O–H groups in total. The number of furan rings is 1. The Hall–Kier alpha value is -5.01. The first-order chi connectivity index (χ1) is 19.6. The maximum absolute atomic E-state index is 13.4. The monoisotopic (exact) mass is 587 g/mol. The fourth-order valence-electron chi connectivity index (χ4n) is 4.43. The molecule has 0 atom stereocenters. The van der Waals surface area contributed by atoms with E-state index in [-0.39, 0.29) is 11.5 Å². The summed E-state index contributed by atoms with van der Waals surface area (Å²) in [5, 5.41) is 8.32. The third-order valence-electron chi connectivity index (χ3n) is 6.38. The predicted molar refractivity (Wildman–Crippen MR) is 160 cm³/mol. The van der Waals surface area contributed by atoms with Gasteiger partial charge in [-0.2, -0.15) is 5.10 Å². The van der Waals surface area contributed by atoms with Gasteiger partial charge >= 0.3 is 0 Å². The number of anilines is 1. The molecule has 0 aliphatic heterocycles. The minimum absolute atomic E-state index is 0.0761. The fraction of sp³-hybridized carbons (Fsp3) is 0. The van der Waals surface area contributed by atoms with Crippen molar-refractivity contribution < 1.29 is 14.0 Å². The van der Waals surface area contributed by atoms with Crippen LogP contribution >= 0.6 is 15.9 Å². The molecule has 40 heavy (non-hydrogen) atoms. The molecule has 194 valence electrons. The second kappa shape index (κ2) is 11.0. The maximum Gasteiger partial charge on any atom is 0.248 e. The molecule has 1 amide bonds. The van der Waals surface area contributed by atoms with Crippen molar-refractivity contribution in [2.24, 2.45) is 0 Å². The van der Waals surface area contributed by atoms with Crippen LogP contribution in [0.15, 0.2) is 130 Å². The van der Waals surface area contributed by atoms with Crippen molar-refractivity contribution in [2.75, 3.05) is 5.32 Å². The van der Waals surface area contributed by atoms with E-state index in [1.165, 1.54) is 6.08 Å². The number of ketones is 1. The first-order valence-electron chi connectivity index (χ1n) is 12.6. The lowest BCUT2D eigenvalue weighted by atomic mass is 10.1. The van der Waals surface area contributed by atoms with Crippen molar-refractivity contribution in [2.45, 2.75) is 0 Å². The number of benzene rings is 4. The molecule has 2 heterocycles. The number of nitrogens with zero attached hydrogens (tertiary/aromatic N) is 2. The predicted octanol–water partition coefficient (Wildman–Crippen LogP) is 7.93. The number of carbonyl (C=O) groups is 2. The Labute approximate surface area is 238 Å². The molecule has 0 aliphatic rings. The van der Waals surface area contributed by atoms with Crippen molar-refractivity contribution in [3.8, 4) is 16.9 Å². The number of rotatable bonds is 7. The van der Waals surface area contributed by atoms with E-state index in [4.69, 9.17) is 9.52 Å². The number of nitrogens with one attached hydrogen (secondary N) is 1. The Bertz CT molecular complexity index is 1850. The third-order valence-corrected chi connectivity index (χ3v) is 6.91. The molecule has 6 aromatic rings. The van der Waals surface area contributed by atoms with Crippen LogP contribution in [0.1, 0.15) is 21.7 Å². The quantitative estimate of drug-likeness (QED) is 0.152. The highest BCUT2D eigenvalue weighted by molar-refractivity contribution is 9.10. The molecule has 0 spiro atoms. The fourth-order valence-corrected chi connectivity index (χ4v) is 4.70. The highest BCUT2D eigenvalue weighted by atomic mass is 79.9. The molecule has 0 saturated heterocycles. The minimum atomic E-state index is -0.400. The molecule has 0 fully saturated rings. The van der Waals surface area contributed by atoms with E-state index >= 15 is 0 Å². The Morgan fingerprint density at radius 1 is 0.825 bits per heavy atom. The van der Waals surface area contributed by atoms with Crippen LogP contribution in [-0.4, -0.2) is 21.5 Å². The van der Waals surface area contributed by atoms with Crippen LogP contribution in [0.25, 0.3) is 34.0 Å². The number of fused-ring (bicyclic) bond motifs is 1. The molecule has 7 heteroatoms. The Morgan fingerprint density at radius 3 is 2.25 bits per heavy atom. The van der Waals surface area contributed by atoms with Gasteiger partial charge in [-0.1, -0.05) is 76.6 Å². The zero-order chi connectivity index (χ0) is 27.5. The van der Waals surface area contributed by atoms with Gasteiger partial charge < -0.3 is 9.73 Å². The molecule has 4 aromatic carbocycles. The zero-order valence-electron chi connectivity index (χ0n) is 21.1. The topological polar surface area (TPSA) is 77.1 Å². The van der Waals surface area contributed by atoms with Crippen LogP contribution in [0.3, 0.4) is 0 Å². The molecule has 0 radical (unpaired) electrons. The third kappa shape index (κ3) is 5.15. The van der Waals surface area contributed by atoms with Gasteiger partial charge in [-0.05, 0) is 54.6 Å². The van der Waals surface area contributed by atoms with Gasteiger partial charge in [-0.25, -0.2) is 4.68 Å². The van der Waals surface area contributed by atoms with Crippen LogP contribution in [-0.2, 0) is 4.79 Å². The summed E-state index contributed by atoms with van der Waals surface area (Å²) in [4.78, 5) is 26.6. The van der Waals surface area contributed by atoms with Gasteiger partial charge in [0.25, 0.3) is 0 Å². The summed E-state index contributed by atoms with van der Waals surface area (Å²) in [5.74, 6) is -0.645. The lowest BCUT2D eigenvalue weighted by Crippen LogP contribution is -2.11. The number of halogens is 1. The van der Waals surface area contributed by atoms with E-state index in [0.717, 1.165) is 27.0 Å². The van der Waals surface area contributed by atoms with Crippen LogP contribution < -0.4 is 5.32 Å². The lowest BCUT2D eigenvalue weighted by molar-refractivity contribution is -0.111. The van der Waals surface area contributed by atoms with Gasteiger partial charge in [0, 0.05) is 38.8 Å². The second-order valence-electron chi connectivity index (χ2n) is 9.04. The summed E-state index contributed by atoms with van der Waals surface area (Å²) < 4.78 is 8.57. The number of aromatic nitrogens is 2. The number of carbonyl (C=O) groups excluding carboxylic acids is 2. The summed E-state index contributed by atoms with van der Waals surface area (Å²) in [7, 11) is 0. The molecule has 6 rings (SSSR count). The number of para-hydroxylation sites is 2. The molecular weight excluding hydrogens is 566 g/mol. The normalized spacial score (nSPS) is 11.2. The SMILES string of the molecule is O=C(C=Cc1cn(-c2ccccc2)nc1-c1ccccc1)Nc1c(C(=O)c2ccc(Br)cc2)oc2ccccc12. The van der Waals surface area contributed by atoms with E-state index in [0.29, 0.717) is 22.2 Å². The summed E-state index contributed by atoms with van der Waals surface area (Å²) >= 11 is 3.39. The van der Waals surface area contributed by atoms with E-state index in [9.17, 15) is 9.59 Å². The smallest absolute Gasteiger partial charge is 0.248 e. The van der Waals surface area contributed by atoms with E-state index in [1.54, 1.807) is 41.1 Å². The van der Waals surface area contributed by atoms with Crippen LogP contribution in [0.5, 0.6) is 0 Å². The summed E-state index contributed by atoms with van der Waals surface area (Å²) in [6.45, 7) is 0. The van der Waals surface area contributed by atoms with Crippen molar-refractivity contribution in [3.05, 3.63) is 143 Å². The van der Waals surface area contributed by atoms with Gasteiger partial charge in [0.05, 0.1) is 17.1 Å². The second-order valence-corrected chi connectivity index (χ2v) is 9.96. The number of hydrogen-bond acceptors (Lipinski definition) is 4. The molecule has 0 bridgehead atoms. The average Bonchev–Trinajstić information content (AvgIpc) is 3.59. The van der Waals surface area contributed by atoms with Gasteiger partial charge in [0.2, 0.25) is 11.7 Å². The largest absolute Gasteiger partial charge is 0.450 e. The first kappa shape index (κ1) is 25.3. The summed E-state index contributed by atoms with van der Waals surface area (Å²) in [5.41, 5.74) is 4.65. The van der Waals surface area contributed by atoms with Gasteiger partial charge in [-0.3, -0.25) is 9.59 Å². The van der Waals surface area contributed by atoms with Gasteiger partial charge in [-0.15, -0.1) is 0 Å². The Morgan fingerprint density at radius 2 is 1.50 bits per heavy atom. The van der Waals surface area contributed by atoms with E-state index < -0.39 is 5.91 Å². The van der Waals surface area contributed by atoms with Crippen molar-refractivity contribution in [1.82, 2.24) is 9.78 Å². The summed E-state index contributed by atoms with van der Waals surface area (Å²) in [6.07, 6.45) is 5.05. The van der Waals surface area contributed by atoms with E-state index in [1.807, 2.05) is 85.1 Å². The van der Waals surface area contributed by atoms with Crippen molar-refractivity contribution in [1.29, 1.82) is 0 Å². The number of amides is 1. The molecule has 0 aliphatic carbocycles. The molecule has 0 unspecified atom stereocenters. The van der Waals surface area contributed by atoms with Crippen molar-refractivity contribution in [3.63, 3.8) is 0 Å². The van der Waals surface area contributed by atoms with Crippen LogP contribution in [0, 0.1) is 0 Å². The molecule has 6 nitrogen and oxygen atoms in total. The maximum atomic E-state index is 13.4. The standard InChI is InChI=1S/C33H22BrN3O3/c34-25-18-15-23(16-19-25)32(39)33-31(27-13-7-8-14-28(27)40-33)35-29(38)20-17-24-21-37(26-11-5-2-6-12-26)36-30(24)22-9-3-1-4-10-22/h1-21H,(H,35,38). The van der Waals surface area contributed by atoms with Gasteiger partial charge in [0.15, 0.2) is 5.76 Å². The Kier molecular flexibility index (Phi) is 6.95. The first-order valence-corrected chi connectivity index (χ1v) is 13.4. The van der Waals surface area contributed by atoms with Gasteiger partial charge in [0.1, 0.15) is 5.58 Å². The Balaban J connectivity index is 1.33. The number of hydrogen-bond donors (Lipinski definition) is 1. The highest BCUT2D eigenvalue weighted by Crippen LogP contribution is 2.33. The lowest BCUT2D eigenvalue weighted by Gasteiger charge is -2.04. The molecule has 2 aromatic heterocycles. The zero-order valence-corrected chi connectivity index (χ0v) is 22.7. The average molecular weight is 588 g/mol. The van der Waals surface area contributed by atoms with Crippen LogP contribution in [0.2, 0.25) is 0 Å². The molecular formula is C33H22BrN3O3. The van der Waals surface area contributed by atoms with Crippen LogP contribution in [0.4, 0.5) is 5.69 Å².